The van der Waals surface area contributed by atoms with Crippen molar-refractivity contribution in [3.63, 3.8) is 0 Å². The van der Waals surface area contributed by atoms with Crippen LogP contribution in [0.3, 0.4) is 0 Å². The molecule has 7 heteroatoms. The molecule has 6 nitrogen and oxygen atoms in total. The number of nitrogens with one attached hydrogen (secondary N) is 2. The molecule has 0 spiro atoms. The highest BCUT2D eigenvalue weighted by molar-refractivity contribution is 5.88. The number of halogens is 1. The van der Waals surface area contributed by atoms with Crippen LogP contribution in [0.1, 0.15) is 37.0 Å². The number of rotatable bonds is 8. The van der Waals surface area contributed by atoms with Crippen molar-refractivity contribution in [3.05, 3.63) is 71.0 Å². The Morgan fingerprint density at radius 2 is 1.75 bits per heavy atom. The van der Waals surface area contributed by atoms with Crippen LogP contribution < -0.4 is 10.6 Å². The van der Waals surface area contributed by atoms with E-state index in [4.69, 9.17) is 0 Å². The van der Waals surface area contributed by atoms with E-state index in [0.29, 0.717) is 24.9 Å². The summed E-state index contributed by atoms with van der Waals surface area (Å²) in [7, 11) is 0. The van der Waals surface area contributed by atoms with E-state index in [0.717, 1.165) is 11.1 Å². The van der Waals surface area contributed by atoms with Gasteiger partial charge in [0.2, 0.25) is 17.7 Å². The van der Waals surface area contributed by atoms with Crippen molar-refractivity contribution in [3.8, 4) is 0 Å². The van der Waals surface area contributed by atoms with Gasteiger partial charge >= 0.3 is 0 Å². The fraction of sp³-hybridized carbons (Fsp3) is 0.400. The molecule has 0 fully saturated rings. The lowest BCUT2D eigenvalue weighted by molar-refractivity contribution is -0.142. The van der Waals surface area contributed by atoms with Crippen molar-refractivity contribution in [2.24, 2.45) is 5.92 Å². The average molecular weight is 440 g/mol. The Morgan fingerprint density at radius 3 is 2.47 bits per heavy atom. The summed E-state index contributed by atoms with van der Waals surface area (Å²) in [4.78, 5) is 39.5. The van der Waals surface area contributed by atoms with E-state index in [-0.39, 0.29) is 49.0 Å². The lowest BCUT2D eigenvalue weighted by Gasteiger charge is -2.36. The van der Waals surface area contributed by atoms with Crippen LogP contribution in [0.4, 0.5) is 4.39 Å². The third kappa shape index (κ3) is 6.39. The summed E-state index contributed by atoms with van der Waals surface area (Å²) in [5.74, 6) is -0.677. The smallest absolute Gasteiger partial charge is 0.243 e. The molecule has 3 rings (SSSR count). The first-order valence-electron chi connectivity index (χ1n) is 11.0. The number of amides is 3. The van der Waals surface area contributed by atoms with Crippen LogP contribution in [0, 0.1) is 11.7 Å². The van der Waals surface area contributed by atoms with Crippen LogP contribution in [0.5, 0.6) is 0 Å². The topological polar surface area (TPSA) is 78.5 Å². The third-order valence-corrected chi connectivity index (χ3v) is 5.45. The van der Waals surface area contributed by atoms with Crippen LogP contribution in [-0.2, 0) is 33.8 Å². The van der Waals surface area contributed by atoms with Gasteiger partial charge in [-0.25, -0.2) is 4.39 Å². The number of fused-ring (bicyclic) bond motifs is 1. The lowest BCUT2D eigenvalue weighted by Crippen LogP contribution is -2.53. The van der Waals surface area contributed by atoms with Crippen molar-refractivity contribution >= 4 is 17.7 Å². The second-order valence-electron chi connectivity index (χ2n) is 8.56. The van der Waals surface area contributed by atoms with Gasteiger partial charge in [-0.1, -0.05) is 50.2 Å². The van der Waals surface area contributed by atoms with Gasteiger partial charge in [-0.05, 0) is 34.7 Å². The predicted octanol–water partition coefficient (Wildman–Crippen LogP) is 2.60. The molecule has 1 aliphatic heterocycles. The van der Waals surface area contributed by atoms with Crippen molar-refractivity contribution in [1.82, 2.24) is 15.5 Å². The van der Waals surface area contributed by atoms with Crippen molar-refractivity contribution in [2.45, 2.75) is 45.7 Å². The molecule has 1 unspecified atom stereocenters. The van der Waals surface area contributed by atoms with Gasteiger partial charge in [0.15, 0.2) is 0 Å². The monoisotopic (exact) mass is 439 g/mol. The number of benzene rings is 2. The summed E-state index contributed by atoms with van der Waals surface area (Å²) in [5.41, 5.74) is 2.73. The molecule has 2 aromatic carbocycles. The standard InChI is InChI=1S/C25H30FN3O3/c1-17(2)12-24(31)29-16-20-8-4-3-7-19(20)15-22(29)25(32)28-11-10-27-23(30)14-18-6-5-9-21(26)13-18/h3-9,13,17,22H,10-12,14-16H2,1-2H3,(H,27,30)(H,28,32). The van der Waals surface area contributed by atoms with Gasteiger partial charge in [0.05, 0.1) is 6.42 Å². The van der Waals surface area contributed by atoms with E-state index in [1.54, 1.807) is 17.0 Å². The first-order chi connectivity index (χ1) is 15.3. The summed E-state index contributed by atoms with van der Waals surface area (Å²) < 4.78 is 13.2. The maximum Gasteiger partial charge on any atom is 0.243 e. The molecule has 3 amide bonds. The Morgan fingerprint density at radius 1 is 1.03 bits per heavy atom. The highest BCUT2D eigenvalue weighted by atomic mass is 19.1. The minimum absolute atomic E-state index is 0.0296. The van der Waals surface area contributed by atoms with Gasteiger partial charge < -0.3 is 15.5 Å². The summed E-state index contributed by atoms with van der Waals surface area (Å²) in [6.45, 7) is 4.89. The van der Waals surface area contributed by atoms with Crippen LogP contribution in [0.2, 0.25) is 0 Å². The second-order valence-corrected chi connectivity index (χ2v) is 8.56. The Kier molecular flexibility index (Phi) is 7.98. The molecule has 0 radical (unpaired) electrons. The SMILES string of the molecule is CC(C)CC(=O)N1Cc2ccccc2CC1C(=O)NCCNC(=O)Cc1cccc(F)c1. The number of carbonyl (C=O) groups excluding carboxylic acids is 3. The fourth-order valence-corrected chi connectivity index (χ4v) is 3.89. The molecule has 1 heterocycles. The largest absolute Gasteiger partial charge is 0.354 e. The molecule has 0 saturated heterocycles. The van der Waals surface area contributed by atoms with Gasteiger partial charge in [0.25, 0.3) is 0 Å². The highest BCUT2D eigenvalue weighted by Gasteiger charge is 2.34. The van der Waals surface area contributed by atoms with Crippen LogP contribution >= 0.6 is 0 Å². The van der Waals surface area contributed by atoms with Crippen molar-refractivity contribution < 1.29 is 18.8 Å². The first-order valence-corrected chi connectivity index (χ1v) is 11.0. The minimum atomic E-state index is -0.570. The minimum Gasteiger partial charge on any atom is -0.354 e. The van der Waals surface area contributed by atoms with Crippen LogP contribution in [0.15, 0.2) is 48.5 Å². The number of nitrogens with zero attached hydrogens (tertiary/aromatic N) is 1. The third-order valence-electron chi connectivity index (χ3n) is 5.45. The Labute approximate surface area is 188 Å². The van der Waals surface area contributed by atoms with Gasteiger partial charge in [-0.15, -0.1) is 0 Å². The molecule has 0 aliphatic carbocycles. The molecule has 32 heavy (non-hydrogen) atoms. The molecule has 0 bridgehead atoms. The molecule has 2 aromatic rings. The predicted molar refractivity (Wildman–Crippen MR) is 120 cm³/mol. The quantitative estimate of drug-likeness (QED) is 0.621. The summed E-state index contributed by atoms with van der Waals surface area (Å²) in [6, 6.07) is 13.2. The molecule has 0 aromatic heterocycles. The van der Waals surface area contributed by atoms with E-state index in [1.165, 1.54) is 12.1 Å². The maximum absolute atomic E-state index is 13.2. The highest BCUT2D eigenvalue weighted by Crippen LogP contribution is 2.25. The first kappa shape index (κ1) is 23.4. The van der Waals surface area contributed by atoms with Gasteiger partial charge in [0.1, 0.15) is 11.9 Å². The molecule has 1 atom stereocenters. The molecule has 170 valence electrons. The van der Waals surface area contributed by atoms with Crippen LogP contribution in [-0.4, -0.2) is 41.8 Å². The van der Waals surface area contributed by atoms with E-state index >= 15 is 0 Å². The Hall–Kier alpha value is -3.22. The average Bonchev–Trinajstić information content (AvgIpc) is 2.75. The van der Waals surface area contributed by atoms with Gasteiger partial charge in [-0.3, -0.25) is 14.4 Å². The van der Waals surface area contributed by atoms with E-state index in [2.05, 4.69) is 10.6 Å². The lowest BCUT2D eigenvalue weighted by atomic mass is 9.92. The summed E-state index contributed by atoms with van der Waals surface area (Å²) >= 11 is 0. The molecular formula is C25H30FN3O3. The number of hydrogen-bond donors (Lipinski definition) is 2. The molecule has 1 aliphatic rings. The summed E-state index contributed by atoms with van der Waals surface area (Å²) in [6.07, 6.45) is 0.933. The zero-order valence-electron chi connectivity index (χ0n) is 18.6. The van der Waals surface area contributed by atoms with Crippen LogP contribution in [0.25, 0.3) is 0 Å². The Bertz CT molecular complexity index is 976. The zero-order valence-corrected chi connectivity index (χ0v) is 18.6. The Balaban J connectivity index is 1.53. The van der Waals surface area contributed by atoms with Crippen molar-refractivity contribution in [1.29, 1.82) is 0 Å². The van der Waals surface area contributed by atoms with Gasteiger partial charge in [0, 0.05) is 32.5 Å². The van der Waals surface area contributed by atoms with E-state index in [9.17, 15) is 18.8 Å². The normalized spacial score (nSPS) is 15.2. The maximum atomic E-state index is 13.2. The molecule has 2 N–H and O–H groups in total. The summed E-state index contributed by atoms with van der Waals surface area (Å²) in [5, 5.41) is 5.57. The zero-order chi connectivity index (χ0) is 23.1. The number of hydrogen-bond acceptors (Lipinski definition) is 3. The van der Waals surface area contributed by atoms with E-state index in [1.807, 2.05) is 38.1 Å². The fourth-order valence-electron chi connectivity index (χ4n) is 3.89. The van der Waals surface area contributed by atoms with E-state index < -0.39 is 6.04 Å². The van der Waals surface area contributed by atoms with Crippen molar-refractivity contribution in [2.75, 3.05) is 13.1 Å². The molecule has 0 saturated carbocycles. The van der Waals surface area contributed by atoms with Gasteiger partial charge in [-0.2, -0.15) is 0 Å². The number of carbonyl (C=O) groups is 3. The second kappa shape index (κ2) is 10.9. The molecular weight excluding hydrogens is 409 g/mol.